The summed E-state index contributed by atoms with van der Waals surface area (Å²) in [5.41, 5.74) is 3.32. The van der Waals surface area contributed by atoms with Crippen molar-refractivity contribution < 1.29 is 9.84 Å². The van der Waals surface area contributed by atoms with Gasteiger partial charge in [-0.15, -0.1) is 0 Å². The Morgan fingerprint density at radius 2 is 2.20 bits per heavy atom. The molecular formula is C15H21N3O2. The summed E-state index contributed by atoms with van der Waals surface area (Å²) in [4.78, 5) is 0. The first-order valence-electron chi connectivity index (χ1n) is 6.85. The summed E-state index contributed by atoms with van der Waals surface area (Å²) >= 11 is 0. The van der Waals surface area contributed by atoms with Crippen LogP contribution >= 0.6 is 0 Å². The van der Waals surface area contributed by atoms with Gasteiger partial charge in [-0.25, -0.2) is 0 Å². The number of nitrogens with zero attached hydrogens (tertiary/aromatic N) is 2. The first-order valence-corrected chi connectivity index (χ1v) is 6.85. The van der Waals surface area contributed by atoms with Crippen LogP contribution in [0, 0.1) is 0 Å². The van der Waals surface area contributed by atoms with Gasteiger partial charge in [0.1, 0.15) is 0 Å². The molecule has 0 aliphatic rings. The second-order valence-corrected chi connectivity index (χ2v) is 4.48. The van der Waals surface area contributed by atoms with Gasteiger partial charge in [-0.3, -0.25) is 4.68 Å². The first-order chi connectivity index (χ1) is 9.83. The lowest BCUT2D eigenvalue weighted by molar-refractivity contribution is 0.134. The van der Waals surface area contributed by atoms with Gasteiger partial charge in [0, 0.05) is 36.2 Å². The van der Waals surface area contributed by atoms with Crippen LogP contribution in [0.4, 0.5) is 5.69 Å². The molecule has 0 spiro atoms. The summed E-state index contributed by atoms with van der Waals surface area (Å²) in [6.07, 6.45) is 3.75. The van der Waals surface area contributed by atoms with Crippen LogP contribution in [-0.4, -0.2) is 28.1 Å². The van der Waals surface area contributed by atoms with Gasteiger partial charge in [0.05, 0.1) is 26.0 Å². The second kappa shape index (κ2) is 7.67. The van der Waals surface area contributed by atoms with Gasteiger partial charge in [-0.2, -0.15) is 5.10 Å². The molecule has 5 nitrogen and oxygen atoms in total. The molecule has 1 heterocycles. The normalized spacial score (nSPS) is 10.7. The lowest BCUT2D eigenvalue weighted by atomic mass is 10.2. The third-order valence-electron chi connectivity index (χ3n) is 2.98. The monoisotopic (exact) mass is 275 g/mol. The average molecular weight is 275 g/mol. The molecule has 0 aliphatic carbocycles. The maximum Gasteiger partial charge on any atom is 0.0736 e. The molecule has 1 aromatic heterocycles. The van der Waals surface area contributed by atoms with E-state index in [9.17, 15) is 0 Å². The molecule has 1 aromatic carbocycles. The quantitative estimate of drug-likeness (QED) is 0.774. The Balaban J connectivity index is 1.95. The number of rotatable bonds is 8. The van der Waals surface area contributed by atoms with Gasteiger partial charge in [-0.1, -0.05) is 18.2 Å². The lowest BCUT2D eigenvalue weighted by Gasteiger charge is -2.11. The molecule has 5 heteroatoms. The SMILES string of the molecule is CCOCc1ccccc1NCc1cnn(CCO)c1. The van der Waals surface area contributed by atoms with E-state index in [-0.39, 0.29) is 6.61 Å². The van der Waals surface area contributed by atoms with Crippen LogP contribution in [0.1, 0.15) is 18.1 Å². The fourth-order valence-electron chi connectivity index (χ4n) is 1.95. The molecule has 0 bridgehead atoms. The Morgan fingerprint density at radius 3 is 3.00 bits per heavy atom. The highest BCUT2D eigenvalue weighted by Crippen LogP contribution is 2.17. The highest BCUT2D eigenvalue weighted by molar-refractivity contribution is 5.51. The number of hydrogen-bond donors (Lipinski definition) is 2. The Bertz CT molecular complexity index is 525. The molecule has 2 rings (SSSR count). The van der Waals surface area contributed by atoms with Crippen molar-refractivity contribution in [2.24, 2.45) is 0 Å². The topological polar surface area (TPSA) is 59.3 Å². The fourth-order valence-corrected chi connectivity index (χ4v) is 1.95. The van der Waals surface area contributed by atoms with Crippen molar-refractivity contribution in [3.05, 3.63) is 47.8 Å². The number of hydrogen-bond acceptors (Lipinski definition) is 4. The molecule has 0 amide bonds. The number of para-hydroxylation sites is 1. The van der Waals surface area contributed by atoms with Gasteiger partial charge in [0.25, 0.3) is 0 Å². The van der Waals surface area contributed by atoms with Crippen molar-refractivity contribution in [1.82, 2.24) is 9.78 Å². The Labute approximate surface area is 119 Å². The predicted molar refractivity (Wildman–Crippen MR) is 78.4 cm³/mol. The van der Waals surface area contributed by atoms with E-state index in [2.05, 4.69) is 16.5 Å². The highest BCUT2D eigenvalue weighted by Gasteiger charge is 2.03. The van der Waals surface area contributed by atoms with Crippen LogP contribution in [0.3, 0.4) is 0 Å². The summed E-state index contributed by atoms with van der Waals surface area (Å²) in [5.74, 6) is 0. The van der Waals surface area contributed by atoms with Gasteiger partial charge in [0.15, 0.2) is 0 Å². The summed E-state index contributed by atoms with van der Waals surface area (Å²) in [7, 11) is 0. The maximum atomic E-state index is 8.87. The summed E-state index contributed by atoms with van der Waals surface area (Å²) < 4.78 is 7.20. The minimum Gasteiger partial charge on any atom is -0.394 e. The predicted octanol–water partition coefficient (Wildman–Crippen LogP) is 2.02. The number of ether oxygens (including phenoxy) is 1. The Morgan fingerprint density at radius 1 is 1.35 bits per heavy atom. The standard InChI is InChI=1S/C15H21N3O2/c1-2-20-12-14-5-3-4-6-15(14)16-9-13-10-17-18(11-13)7-8-19/h3-6,10-11,16,19H,2,7-9,12H2,1H3. The van der Waals surface area contributed by atoms with Gasteiger partial charge in [0.2, 0.25) is 0 Å². The Hall–Kier alpha value is -1.85. The lowest BCUT2D eigenvalue weighted by Crippen LogP contribution is -2.04. The molecule has 0 saturated heterocycles. The van der Waals surface area contributed by atoms with E-state index in [1.165, 1.54) is 0 Å². The molecule has 0 unspecified atom stereocenters. The molecule has 108 valence electrons. The van der Waals surface area contributed by atoms with Gasteiger partial charge in [-0.05, 0) is 13.0 Å². The number of anilines is 1. The Kier molecular flexibility index (Phi) is 5.58. The summed E-state index contributed by atoms with van der Waals surface area (Å²) in [5, 5.41) is 16.4. The van der Waals surface area contributed by atoms with E-state index in [1.807, 2.05) is 37.5 Å². The van der Waals surface area contributed by atoms with Gasteiger partial charge >= 0.3 is 0 Å². The van der Waals surface area contributed by atoms with Crippen LogP contribution < -0.4 is 5.32 Å². The van der Waals surface area contributed by atoms with Crippen molar-refractivity contribution in [2.45, 2.75) is 26.6 Å². The van der Waals surface area contributed by atoms with Crippen LogP contribution in [0.5, 0.6) is 0 Å². The van der Waals surface area contributed by atoms with E-state index in [4.69, 9.17) is 9.84 Å². The number of aliphatic hydroxyl groups is 1. The molecular weight excluding hydrogens is 254 g/mol. The zero-order valence-electron chi connectivity index (χ0n) is 11.7. The fraction of sp³-hybridized carbons (Fsp3) is 0.400. The smallest absolute Gasteiger partial charge is 0.0736 e. The third kappa shape index (κ3) is 4.08. The van der Waals surface area contributed by atoms with Crippen molar-refractivity contribution >= 4 is 5.69 Å². The summed E-state index contributed by atoms with van der Waals surface area (Å²) in [6, 6.07) is 8.13. The number of aliphatic hydroxyl groups excluding tert-OH is 1. The molecule has 0 aliphatic heterocycles. The minimum atomic E-state index is 0.103. The molecule has 2 aromatic rings. The molecule has 0 radical (unpaired) electrons. The maximum absolute atomic E-state index is 8.87. The zero-order chi connectivity index (χ0) is 14.2. The van der Waals surface area contributed by atoms with Crippen molar-refractivity contribution in [3.63, 3.8) is 0 Å². The third-order valence-corrected chi connectivity index (χ3v) is 2.98. The molecule has 0 saturated carbocycles. The summed E-state index contributed by atoms with van der Waals surface area (Å²) in [6.45, 7) is 4.65. The van der Waals surface area contributed by atoms with Crippen LogP contribution in [0.25, 0.3) is 0 Å². The number of benzene rings is 1. The largest absolute Gasteiger partial charge is 0.394 e. The number of aromatic nitrogens is 2. The van der Waals surface area contributed by atoms with Crippen molar-refractivity contribution in [1.29, 1.82) is 0 Å². The van der Waals surface area contributed by atoms with Gasteiger partial charge < -0.3 is 15.2 Å². The van der Waals surface area contributed by atoms with Crippen molar-refractivity contribution in [3.8, 4) is 0 Å². The van der Waals surface area contributed by atoms with Crippen molar-refractivity contribution in [2.75, 3.05) is 18.5 Å². The second-order valence-electron chi connectivity index (χ2n) is 4.48. The van der Waals surface area contributed by atoms with Crippen LogP contribution in [-0.2, 0) is 24.4 Å². The van der Waals surface area contributed by atoms with Crippen LogP contribution in [0.15, 0.2) is 36.7 Å². The van der Waals surface area contributed by atoms with E-state index in [0.717, 1.165) is 16.8 Å². The molecule has 0 fully saturated rings. The average Bonchev–Trinajstić information content (AvgIpc) is 2.92. The zero-order valence-corrected chi connectivity index (χ0v) is 11.7. The molecule has 20 heavy (non-hydrogen) atoms. The highest BCUT2D eigenvalue weighted by atomic mass is 16.5. The minimum absolute atomic E-state index is 0.103. The molecule has 0 atom stereocenters. The van der Waals surface area contributed by atoms with E-state index in [0.29, 0.717) is 26.3 Å². The van der Waals surface area contributed by atoms with E-state index in [1.54, 1.807) is 4.68 Å². The van der Waals surface area contributed by atoms with Crippen LogP contribution in [0.2, 0.25) is 0 Å². The van der Waals surface area contributed by atoms with E-state index >= 15 is 0 Å². The number of nitrogens with one attached hydrogen (secondary N) is 1. The first kappa shape index (κ1) is 14.6. The van der Waals surface area contributed by atoms with E-state index < -0.39 is 0 Å². The molecule has 2 N–H and O–H groups in total.